The van der Waals surface area contributed by atoms with E-state index in [1.165, 1.54) is 0 Å². The highest BCUT2D eigenvalue weighted by atomic mass is 16.5. The van der Waals surface area contributed by atoms with Gasteiger partial charge in [-0.25, -0.2) is 4.79 Å². The van der Waals surface area contributed by atoms with E-state index in [9.17, 15) is 4.79 Å². The molecule has 0 heterocycles. The third-order valence-electron chi connectivity index (χ3n) is 1.82. The maximum Gasteiger partial charge on any atom is 0.314 e. The van der Waals surface area contributed by atoms with Gasteiger partial charge in [0.1, 0.15) is 0 Å². The SMILES string of the molecule is [CH2]COCCNC(=O)NCCOCCOCCO. The van der Waals surface area contributed by atoms with Gasteiger partial charge in [0.05, 0.1) is 39.6 Å². The molecule has 7 nitrogen and oxygen atoms in total. The van der Waals surface area contributed by atoms with Gasteiger partial charge in [0.2, 0.25) is 0 Å². The smallest absolute Gasteiger partial charge is 0.314 e. The van der Waals surface area contributed by atoms with E-state index >= 15 is 0 Å². The van der Waals surface area contributed by atoms with Crippen molar-refractivity contribution in [1.29, 1.82) is 0 Å². The van der Waals surface area contributed by atoms with E-state index in [2.05, 4.69) is 17.6 Å². The Bertz CT molecular complexity index is 192. The highest BCUT2D eigenvalue weighted by Crippen LogP contribution is 1.78. The number of aliphatic hydroxyl groups excluding tert-OH is 1. The predicted molar refractivity (Wildman–Crippen MR) is 66.3 cm³/mol. The number of amides is 2. The lowest BCUT2D eigenvalue weighted by molar-refractivity contribution is 0.0344. The van der Waals surface area contributed by atoms with Crippen molar-refractivity contribution in [2.45, 2.75) is 0 Å². The summed E-state index contributed by atoms with van der Waals surface area (Å²) in [7, 11) is 0. The molecular weight excluding hydrogens is 240 g/mol. The van der Waals surface area contributed by atoms with Crippen molar-refractivity contribution >= 4 is 6.03 Å². The fourth-order valence-corrected chi connectivity index (χ4v) is 1.02. The zero-order valence-corrected chi connectivity index (χ0v) is 10.7. The molecule has 0 spiro atoms. The van der Waals surface area contributed by atoms with Crippen LogP contribution in [0, 0.1) is 6.92 Å². The van der Waals surface area contributed by atoms with E-state index in [1.807, 2.05) is 0 Å². The van der Waals surface area contributed by atoms with Crippen LogP contribution in [0.4, 0.5) is 4.79 Å². The predicted octanol–water partition coefficient (Wildman–Crippen LogP) is -0.838. The van der Waals surface area contributed by atoms with E-state index in [4.69, 9.17) is 19.3 Å². The molecular formula is C11H23N2O5. The number of nitrogens with one attached hydrogen (secondary N) is 2. The van der Waals surface area contributed by atoms with Gasteiger partial charge in [0, 0.05) is 19.7 Å². The quantitative estimate of drug-likeness (QED) is 0.400. The Labute approximate surface area is 108 Å². The summed E-state index contributed by atoms with van der Waals surface area (Å²) in [6.45, 7) is 6.89. The van der Waals surface area contributed by atoms with Gasteiger partial charge >= 0.3 is 6.03 Å². The second-order valence-corrected chi connectivity index (χ2v) is 3.24. The summed E-state index contributed by atoms with van der Waals surface area (Å²) >= 11 is 0. The molecule has 0 rings (SSSR count). The van der Waals surface area contributed by atoms with Crippen LogP contribution in [0.3, 0.4) is 0 Å². The summed E-state index contributed by atoms with van der Waals surface area (Å²) in [6.07, 6.45) is 0. The lowest BCUT2D eigenvalue weighted by atomic mass is 10.6. The third-order valence-corrected chi connectivity index (χ3v) is 1.82. The Morgan fingerprint density at radius 3 is 2.06 bits per heavy atom. The molecule has 0 aromatic carbocycles. The molecule has 0 fully saturated rings. The standard InChI is InChI=1S/C11H23N2O5/c1-2-16-6-3-12-11(15)13-4-7-17-9-10-18-8-5-14/h14H,1-10H2,(H2,12,13,15). The van der Waals surface area contributed by atoms with Crippen LogP contribution >= 0.6 is 0 Å². The average Bonchev–Trinajstić information content (AvgIpc) is 2.38. The fourth-order valence-electron chi connectivity index (χ4n) is 1.02. The Morgan fingerprint density at radius 1 is 0.944 bits per heavy atom. The highest BCUT2D eigenvalue weighted by Gasteiger charge is 1.97. The van der Waals surface area contributed by atoms with Crippen molar-refractivity contribution in [3.05, 3.63) is 6.92 Å². The molecule has 0 aliphatic carbocycles. The lowest BCUT2D eigenvalue weighted by Crippen LogP contribution is -2.39. The normalized spacial score (nSPS) is 10.3. The van der Waals surface area contributed by atoms with Gasteiger partial charge in [0.15, 0.2) is 0 Å². The minimum absolute atomic E-state index is 0.0134. The van der Waals surface area contributed by atoms with Crippen molar-refractivity contribution < 1.29 is 24.1 Å². The van der Waals surface area contributed by atoms with Gasteiger partial charge in [0.25, 0.3) is 0 Å². The minimum Gasteiger partial charge on any atom is -0.394 e. The number of hydrogen-bond acceptors (Lipinski definition) is 5. The second-order valence-electron chi connectivity index (χ2n) is 3.24. The molecule has 107 valence electrons. The molecule has 0 aliphatic rings. The number of hydrogen-bond donors (Lipinski definition) is 3. The van der Waals surface area contributed by atoms with Crippen molar-refractivity contribution in [2.24, 2.45) is 0 Å². The molecule has 1 radical (unpaired) electrons. The topological polar surface area (TPSA) is 89.1 Å². The van der Waals surface area contributed by atoms with Gasteiger partial charge in [-0.1, -0.05) is 0 Å². The first kappa shape index (κ1) is 17.1. The molecule has 3 N–H and O–H groups in total. The monoisotopic (exact) mass is 263 g/mol. The molecule has 18 heavy (non-hydrogen) atoms. The summed E-state index contributed by atoms with van der Waals surface area (Å²) in [5, 5.41) is 13.7. The van der Waals surface area contributed by atoms with Crippen LogP contribution in [-0.4, -0.2) is 70.5 Å². The number of ether oxygens (including phenoxy) is 3. The maximum atomic E-state index is 11.2. The van der Waals surface area contributed by atoms with E-state index < -0.39 is 0 Å². The number of carbonyl (C=O) groups is 1. The largest absolute Gasteiger partial charge is 0.394 e. The highest BCUT2D eigenvalue weighted by molar-refractivity contribution is 5.73. The zero-order valence-electron chi connectivity index (χ0n) is 10.7. The first-order valence-electron chi connectivity index (χ1n) is 5.96. The summed E-state index contributed by atoms with van der Waals surface area (Å²) in [6, 6.07) is -0.247. The lowest BCUT2D eigenvalue weighted by Gasteiger charge is -2.08. The van der Waals surface area contributed by atoms with Crippen LogP contribution in [-0.2, 0) is 14.2 Å². The van der Waals surface area contributed by atoms with Crippen molar-refractivity contribution in [1.82, 2.24) is 10.6 Å². The van der Waals surface area contributed by atoms with Crippen molar-refractivity contribution in [3.63, 3.8) is 0 Å². The third kappa shape index (κ3) is 13.2. The molecule has 0 saturated carbocycles. The average molecular weight is 263 g/mol. The second kappa shape index (κ2) is 14.2. The Morgan fingerprint density at radius 2 is 1.50 bits per heavy atom. The summed E-state index contributed by atoms with van der Waals surface area (Å²) in [4.78, 5) is 11.2. The van der Waals surface area contributed by atoms with Crippen molar-refractivity contribution in [3.8, 4) is 0 Å². The minimum atomic E-state index is -0.247. The number of rotatable bonds is 12. The first-order valence-corrected chi connectivity index (χ1v) is 5.96. The zero-order chi connectivity index (χ0) is 13.5. The van der Waals surface area contributed by atoms with Gasteiger partial charge < -0.3 is 30.0 Å². The van der Waals surface area contributed by atoms with Crippen molar-refractivity contribution in [2.75, 3.05) is 59.3 Å². The van der Waals surface area contributed by atoms with Crippen LogP contribution in [0.2, 0.25) is 0 Å². The van der Waals surface area contributed by atoms with E-state index in [-0.39, 0.29) is 12.6 Å². The molecule has 0 atom stereocenters. The Hall–Kier alpha value is -0.890. The molecule has 0 saturated heterocycles. The summed E-state index contributed by atoms with van der Waals surface area (Å²) in [5.41, 5.74) is 0. The van der Waals surface area contributed by atoms with Gasteiger partial charge in [-0.3, -0.25) is 0 Å². The van der Waals surface area contributed by atoms with Gasteiger partial charge in [-0.15, -0.1) is 0 Å². The van der Waals surface area contributed by atoms with Crippen LogP contribution in [0.25, 0.3) is 0 Å². The first-order chi connectivity index (χ1) is 8.81. The molecule has 0 bridgehead atoms. The van der Waals surface area contributed by atoms with E-state index in [1.54, 1.807) is 0 Å². The Kier molecular flexibility index (Phi) is 13.5. The fraction of sp³-hybridized carbons (Fsp3) is 0.818. The number of urea groups is 1. The van der Waals surface area contributed by atoms with Crippen LogP contribution in [0.1, 0.15) is 0 Å². The molecule has 7 heteroatoms. The summed E-state index contributed by atoms with van der Waals surface area (Å²) in [5.74, 6) is 0. The van der Waals surface area contributed by atoms with E-state index in [0.717, 1.165) is 0 Å². The Balaban J connectivity index is 3.10. The summed E-state index contributed by atoms with van der Waals surface area (Å²) < 4.78 is 15.1. The molecule has 2 amide bonds. The maximum absolute atomic E-state index is 11.2. The van der Waals surface area contributed by atoms with Crippen LogP contribution < -0.4 is 10.6 Å². The molecule has 0 aliphatic heterocycles. The molecule has 0 aromatic rings. The van der Waals surface area contributed by atoms with E-state index in [0.29, 0.717) is 52.7 Å². The number of aliphatic hydroxyl groups is 1. The molecule has 0 aromatic heterocycles. The van der Waals surface area contributed by atoms with Gasteiger partial charge in [-0.2, -0.15) is 0 Å². The number of carbonyl (C=O) groups excluding carboxylic acids is 1. The molecule has 0 unspecified atom stereocenters. The van der Waals surface area contributed by atoms with Gasteiger partial charge in [-0.05, 0) is 6.92 Å². The van der Waals surface area contributed by atoms with Crippen LogP contribution in [0.15, 0.2) is 0 Å². The van der Waals surface area contributed by atoms with Crippen LogP contribution in [0.5, 0.6) is 0 Å².